The number of alkyl halides is 7. The molecule has 0 aliphatic heterocycles. The maximum atomic E-state index is 12.8. The number of aromatic nitrogens is 8. The molecule has 8 rings (SSSR count). The second kappa shape index (κ2) is 17.9. The molecule has 0 fully saturated rings. The molecule has 0 unspecified atom stereocenters. The highest BCUT2D eigenvalue weighted by atomic mass is 35.5. The van der Waals surface area contributed by atoms with Gasteiger partial charge in [0.05, 0.1) is 41.7 Å². The third-order valence-corrected chi connectivity index (χ3v) is 8.79. The first kappa shape index (κ1) is 42.6. The molecule has 0 aliphatic carbocycles. The van der Waals surface area contributed by atoms with Crippen LogP contribution in [0.3, 0.4) is 0 Å². The Bertz CT molecular complexity index is 2760. The summed E-state index contributed by atoms with van der Waals surface area (Å²) in [5, 5.41) is 5.92. The van der Waals surface area contributed by atoms with E-state index in [1.54, 1.807) is 16.1 Å². The zero-order valence-corrected chi connectivity index (χ0v) is 31.5. The molecule has 0 atom stereocenters. The van der Waals surface area contributed by atoms with Gasteiger partial charge in [-0.25, -0.2) is 9.97 Å². The van der Waals surface area contributed by atoms with E-state index in [-0.39, 0.29) is 35.9 Å². The van der Waals surface area contributed by atoms with Gasteiger partial charge in [-0.1, -0.05) is 43.3 Å². The van der Waals surface area contributed by atoms with E-state index < -0.39 is 30.6 Å². The fourth-order valence-corrected chi connectivity index (χ4v) is 5.95. The summed E-state index contributed by atoms with van der Waals surface area (Å²) in [7, 11) is -1.00. The number of hydrogen-bond donors (Lipinski definition) is 4. The predicted octanol–water partition coefficient (Wildman–Crippen LogP) is 10.8. The lowest BCUT2D eigenvalue weighted by molar-refractivity contribution is -0.138. The highest BCUT2D eigenvalue weighted by Gasteiger charge is 2.31. The molecule has 8 aromatic rings. The summed E-state index contributed by atoms with van der Waals surface area (Å²) in [5.74, 6) is 2.68. The molecule has 0 bridgehead atoms. The van der Waals surface area contributed by atoms with Crippen LogP contribution in [-0.4, -0.2) is 46.2 Å². The number of anilines is 6. The molecule has 6 N–H and O–H groups in total. The first-order valence-corrected chi connectivity index (χ1v) is 17.4. The Kier molecular flexibility index (Phi) is 12.7. The van der Waals surface area contributed by atoms with Crippen LogP contribution in [0.4, 0.5) is 65.4 Å². The standard InChI is InChI=1S/C19H14ClF3N6.C19H15F3N6.CH3F.CH4/c1-10-25-13-4-2-3-5-14(13)29(10)18-27-16(24)15(20)17(28-18)26-12-8-6-11(7-9-12)19(21,22)23;1-11-24-14-4-2-3-5-15(14)28(11)18-26-16(23)10-17(27-18)25-13-8-6-12(7-9-13)19(20,21)22;1-2;/h2-9H,1H3,(H3,24,26,27,28);2-10H,1H3,(H3,23,25,26,27);1H3;1H4/i;;1D;. The van der Waals surface area contributed by atoms with Gasteiger partial charge in [0.25, 0.3) is 0 Å². The molecule has 60 heavy (non-hydrogen) atoms. The van der Waals surface area contributed by atoms with Crippen LogP contribution in [0.25, 0.3) is 34.0 Å². The number of halogens is 8. The molecule has 12 nitrogen and oxygen atoms in total. The van der Waals surface area contributed by atoms with Crippen LogP contribution in [0, 0.1) is 13.8 Å². The zero-order valence-electron chi connectivity index (χ0n) is 31.8. The summed E-state index contributed by atoms with van der Waals surface area (Å²) in [6.45, 7) is 3.63. The minimum absolute atomic E-state index is 0. The molecule has 4 aromatic heterocycles. The predicted molar refractivity (Wildman–Crippen MR) is 220 cm³/mol. The summed E-state index contributed by atoms with van der Waals surface area (Å²) in [6, 6.07) is 25.7. The van der Waals surface area contributed by atoms with Crippen LogP contribution in [0.1, 0.15) is 31.6 Å². The van der Waals surface area contributed by atoms with Crippen molar-refractivity contribution in [1.29, 1.82) is 0 Å². The number of hydrogen-bond acceptors (Lipinski definition) is 10. The van der Waals surface area contributed by atoms with Crippen molar-refractivity contribution in [3.8, 4) is 11.9 Å². The topological polar surface area (TPSA) is 163 Å². The van der Waals surface area contributed by atoms with Crippen LogP contribution >= 0.6 is 11.6 Å². The van der Waals surface area contributed by atoms with Crippen molar-refractivity contribution in [1.82, 2.24) is 39.0 Å². The molecule has 0 aliphatic rings. The average molecular weight is 854 g/mol. The third kappa shape index (κ3) is 9.63. The Balaban J connectivity index is 0.000000214. The molecule has 312 valence electrons. The van der Waals surface area contributed by atoms with Crippen LogP contribution < -0.4 is 22.1 Å². The van der Waals surface area contributed by atoms with Gasteiger partial charge < -0.3 is 22.1 Å². The SMILES string of the molecule is C.Cc1nc2ccccc2n1-c1nc(N)c(Cl)c(Nc2ccc(C(F)(F)F)cc2)n1.Cc1nc2ccccc2n1-c1nc(N)cc(Nc2ccc(C(F)(F)F)cc2)n1.[2H]CF. The molecular formula is C40H36ClF7N12. The molecule has 0 spiro atoms. The molecule has 4 heterocycles. The molecule has 0 saturated heterocycles. The van der Waals surface area contributed by atoms with Crippen molar-refractivity contribution >= 4 is 68.3 Å². The quantitative estimate of drug-likeness (QED) is 0.118. The van der Waals surface area contributed by atoms with Crippen LogP contribution in [0.2, 0.25) is 5.02 Å². The number of benzene rings is 4. The number of nitrogens with two attached hydrogens (primary N) is 2. The van der Waals surface area contributed by atoms with E-state index in [2.05, 4.69) is 40.5 Å². The molecule has 0 amide bonds. The van der Waals surface area contributed by atoms with E-state index in [4.69, 9.17) is 24.4 Å². The number of fused-ring (bicyclic) bond motifs is 2. The van der Waals surface area contributed by atoms with E-state index in [9.17, 15) is 30.7 Å². The largest absolute Gasteiger partial charge is 0.416 e. The number of nitrogen functional groups attached to an aromatic ring is 2. The highest BCUT2D eigenvalue weighted by Crippen LogP contribution is 2.34. The molecule has 0 radical (unpaired) electrons. The Hall–Kier alpha value is -7.02. The first-order valence-electron chi connectivity index (χ1n) is 17.8. The molecule has 20 heteroatoms. The summed E-state index contributed by atoms with van der Waals surface area (Å²) >= 11 is 6.22. The normalized spacial score (nSPS) is 11.5. The van der Waals surface area contributed by atoms with Crippen molar-refractivity contribution < 1.29 is 32.1 Å². The van der Waals surface area contributed by atoms with Gasteiger partial charge in [-0.05, 0) is 86.6 Å². The maximum absolute atomic E-state index is 12.8. The molecule has 4 aromatic carbocycles. The maximum Gasteiger partial charge on any atom is 0.416 e. The molecular weight excluding hydrogens is 817 g/mol. The van der Waals surface area contributed by atoms with Crippen LogP contribution in [0.15, 0.2) is 103 Å². The van der Waals surface area contributed by atoms with Gasteiger partial charge in [-0.2, -0.15) is 46.3 Å². The fraction of sp³-hybridized carbons (Fsp3) is 0.150. The number of rotatable bonds is 6. The van der Waals surface area contributed by atoms with Crippen molar-refractivity contribution in [3.63, 3.8) is 0 Å². The van der Waals surface area contributed by atoms with E-state index >= 15 is 0 Å². The summed E-state index contributed by atoms with van der Waals surface area (Å²) in [6.07, 6.45) is -8.80. The average Bonchev–Trinajstić information content (AvgIpc) is 3.71. The smallest absolute Gasteiger partial charge is 0.383 e. The van der Waals surface area contributed by atoms with Gasteiger partial charge in [0, 0.05) is 17.4 Å². The van der Waals surface area contributed by atoms with Crippen molar-refractivity contribution in [2.75, 3.05) is 29.3 Å². The number of nitrogens with one attached hydrogen (secondary N) is 2. The number of nitrogens with zero attached hydrogens (tertiary/aromatic N) is 8. The van der Waals surface area contributed by atoms with Gasteiger partial charge in [0.15, 0.2) is 5.82 Å². The molecule has 0 saturated carbocycles. The van der Waals surface area contributed by atoms with Gasteiger partial charge in [-0.3, -0.25) is 13.5 Å². The van der Waals surface area contributed by atoms with Crippen LogP contribution in [0.5, 0.6) is 0 Å². The van der Waals surface area contributed by atoms with E-state index in [0.717, 1.165) is 46.3 Å². The summed E-state index contributed by atoms with van der Waals surface area (Å²) in [4.78, 5) is 26.3. The Labute approximate surface area is 344 Å². The van der Waals surface area contributed by atoms with Crippen molar-refractivity contribution in [3.05, 3.63) is 131 Å². The van der Waals surface area contributed by atoms with Crippen molar-refractivity contribution in [2.24, 2.45) is 0 Å². The second-order valence-electron chi connectivity index (χ2n) is 12.4. The van der Waals surface area contributed by atoms with Crippen molar-refractivity contribution in [2.45, 2.75) is 33.6 Å². The lowest BCUT2D eigenvalue weighted by Crippen LogP contribution is -2.09. The third-order valence-electron chi connectivity index (χ3n) is 8.42. The van der Waals surface area contributed by atoms with E-state index in [0.29, 0.717) is 34.8 Å². The lowest BCUT2D eigenvalue weighted by Gasteiger charge is -2.13. The Morgan fingerprint density at radius 1 is 0.617 bits per heavy atom. The Morgan fingerprint density at radius 2 is 1.05 bits per heavy atom. The van der Waals surface area contributed by atoms with E-state index in [1.807, 2.05) is 55.5 Å². The summed E-state index contributed by atoms with van der Waals surface area (Å²) < 4.78 is 95.4. The Morgan fingerprint density at radius 3 is 1.52 bits per heavy atom. The first-order chi connectivity index (χ1) is 28.5. The minimum atomic E-state index is -4.41. The van der Waals surface area contributed by atoms with E-state index in [1.165, 1.54) is 30.3 Å². The fourth-order valence-electron chi connectivity index (χ4n) is 5.82. The second-order valence-corrected chi connectivity index (χ2v) is 12.8. The summed E-state index contributed by atoms with van der Waals surface area (Å²) in [5.41, 5.74) is 14.4. The van der Waals surface area contributed by atoms with Crippen LogP contribution in [-0.2, 0) is 12.4 Å². The monoisotopic (exact) mass is 853 g/mol. The van der Waals surface area contributed by atoms with Gasteiger partial charge in [-0.15, -0.1) is 0 Å². The van der Waals surface area contributed by atoms with Gasteiger partial charge >= 0.3 is 12.4 Å². The van der Waals surface area contributed by atoms with Gasteiger partial charge in [0.2, 0.25) is 11.9 Å². The number of aryl methyl sites for hydroxylation is 2. The zero-order chi connectivity index (χ0) is 43.4. The lowest BCUT2D eigenvalue weighted by atomic mass is 10.2. The number of para-hydroxylation sites is 4. The van der Waals surface area contributed by atoms with Gasteiger partial charge in [0.1, 0.15) is 34.1 Å². The highest BCUT2D eigenvalue weighted by molar-refractivity contribution is 6.35. The number of imidazole rings is 2. The minimum Gasteiger partial charge on any atom is -0.383 e.